The minimum atomic E-state index is 0.0187. The maximum Gasteiger partial charge on any atom is 0.117 e. The molecule has 1 aliphatic carbocycles. The quantitative estimate of drug-likeness (QED) is 0.911. The number of hydrogen-bond donors (Lipinski definition) is 1. The van der Waals surface area contributed by atoms with Crippen LogP contribution >= 0.6 is 11.6 Å². The van der Waals surface area contributed by atoms with Crippen molar-refractivity contribution in [1.29, 1.82) is 0 Å². The first kappa shape index (κ1) is 14.9. The minimum Gasteiger partial charge on any atom is -0.329 e. The molecule has 1 aliphatic rings. The van der Waals surface area contributed by atoms with Gasteiger partial charge in [0.2, 0.25) is 0 Å². The van der Waals surface area contributed by atoms with Crippen molar-refractivity contribution in [3.8, 4) is 0 Å². The number of para-hydroxylation sites is 1. The van der Waals surface area contributed by atoms with E-state index in [1.54, 1.807) is 0 Å². The summed E-state index contributed by atoms with van der Waals surface area (Å²) in [5.41, 5.74) is 8.28. The number of halogens is 1. The molecule has 0 unspecified atom stereocenters. The highest BCUT2D eigenvalue weighted by Gasteiger charge is 2.38. The predicted molar refractivity (Wildman–Crippen MR) is 88.9 cm³/mol. The van der Waals surface area contributed by atoms with E-state index in [4.69, 9.17) is 22.3 Å². The molecule has 1 fully saturated rings. The van der Waals surface area contributed by atoms with Crippen molar-refractivity contribution < 1.29 is 0 Å². The Bertz CT molecular complexity index is 639. The highest BCUT2D eigenvalue weighted by atomic mass is 35.5. The first-order valence-corrected chi connectivity index (χ1v) is 8.34. The third kappa shape index (κ3) is 2.36. The Morgan fingerprint density at radius 3 is 2.62 bits per heavy atom. The van der Waals surface area contributed by atoms with Crippen molar-refractivity contribution in [2.24, 2.45) is 5.73 Å². The molecule has 1 heterocycles. The van der Waals surface area contributed by atoms with Gasteiger partial charge in [-0.1, -0.05) is 36.9 Å². The van der Waals surface area contributed by atoms with E-state index in [0.29, 0.717) is 12.6 Å². The first-order chi connectivity index (χ1) is 10.1. The number of benzene rings is 1. The lowest BCUT2D eigenvalue weighted by atomic mass is 9.73. The van der Waals surface area contributed by atoms with Gasteiger partial charge in [-0.3, -0.25) is 0 Å². The highest BCUT2D eigenvalue weighted by molar-refractivity contribution is 6.35. The van der Waals surface area contributed by atoms with Gasteiger partial charge in [-0.15, -0.1) is 0 Å². The van der Waals surface area contributed by atoms with Crippen LogP contribution in [0.3, 0.4) is 0 Å². The lowest BCUT2D eigenvalue weighted by Gasteiger charge is -2.36. The van der Waals surface area contributed by atoms with Gasteiger partial charge in [0.05, 0.1) is 16.1 Å². The van der Waals surface area contributed by atoms with Crippen LogP contribution < -0.4 is 5.73 Å². The molecule has 0 amide bonds. The van der Waals surface area contributed by atoms with Crippen molar-refractivity contribution in [2.75, 3.05) is 6.54 Å². The van der Waals surface area contributed by atoms with Crippen molar-refractivity contribution in [3.05, 3.63) is 29.0 Å². The average Bonchev–Trinajstić information content (AvgIpc) is 2.89. The van der Waals surface area contributed by atoms with Crippen LogP contribution in [0.5, 0.6) is 0 Å². The third-order valence-electron chi connectivity index (χ3n) is 4.85. The minimum absolute atomic E-state index is 0.0187. The number of nitrogens with zero attached hydrogens (tertiary/aromatic N) is 2. The van der Waals surface area contributed by atoms with E-state index >= 15 is 0 Å². The molecule has 0 atom stereocenters. The Balaban J connectivity index is 2.26. The van der Waals surface area contributed by atoms with E-state index in [1.807, 2.05) is 12.1 Å². The summed E-state index contributed by atoms with van der Waals surface area (Å²) >= 11 is 6.46. The number of rotatable bonds is 3. The number of hydrogen-bond acceptors (Lipinski definition) is 2. The SMILES string of the molecule is CC(C)n1c(C2(CN)CCCCC2)nc2cccc(Cl)c21. The van der Waals surface area contributed by atoms with Gasteiger partial charge < -0.3 is 10.3 Å². The zero-order valence-electron chi connectivity index (χ0n) is 12.9. The van der Waals surface area contributed by atoms with Crippen molar-refractivity contribution in [2.45, 2.75) is 57.4 Å². The third-order valence-corrected chi connectivity index (χ3v) is 5.16. The maximum atomic E-state index is 6.46. The van der Waals surface area contributed by atoms with E-state index in [-0.39, 0.29) is 5.41 Å². The Hall–Kier alpha value is -1.06. The van der Waals surface area contributed by atoms with Crippen molar-refractivity contribution >= 4 is 22.6 Å². The fourth-order valence-corrected chi connectivity index (χ4v) is 3.99. The molecule has 4 heteroatoms. The number of imidazole rings is 1. The smallest absolute Gasteiger partial charge is 0.117 e. The molecular formula is C17H24ClN3. The lowest BCUT2D eigenvalue weighted by molar-refractivity contribution is 0.274. The van der Waals surface area contributed by atoms with Crippen LogP contribution in [0, 0.1) is 0 Å². The fraction of sp³-hybridized carbons (Fsp3) is 0.588. The van der Waals surface area contributed by atoms with Gasteiger partial charge in [-0.2, -0.15) is 0 Å². The van der Waals surface area contributed by atoms with Crippen LogP contribution in [-0.4, -0.2) is 16.1 Å². The van der Waals surface area contributed by atoms with Gasteiger partial charge in [-0.25, -0.2) is 4.98 Å². The molecular weight excluding hydrogens is 282 g/mol. The summed E-state index contributed by atoms with van der Waals surface area (Å²) in [7, 11) is 0. The first-order valence-electron chi connectivity index (χ1n) is 7.96. The van der Waals surface area contributed by atoms with Crippen LogP contribution in [0.1, 0.15) is 57.8 Å². The molecule has 114 valence electrons. The molecule has 3 nitrogen and oxygen atoms in total. The Kier molecular flexibility index (Phi) is 3.98. The molecule has 1 saturated carbocycles. The van der Waals surface area contributed by atoms with Gasteiger partial charge >= 0.3 is 0 Å². The van der Waals surface area contributed by atoms with Crippen LogP contribution in [-0.2, 0) is 5.41 Å². The Labute approximate surface area is 131 Å². The van der Waals surface area contributed by atoms with E-state index in [1.165, 1.54) is 19.3 Å². The van der Waals surface area contributed by atoms with E-state index in [9.17, 15) is 0 Å². The normalized spacial score (nSPS) is 18.5. The fourth-order valence-electron chi connectivity index (χ4n) is 3.73. The summed E-state index contributed by atoms with van der Waals surface area (Å²) in [4.78, 5) is 4.96. The second-order valence-electron chi connectivity index (χ2n) is 6.55. The second kappa shape index (κ2) is 5.62. The molecule has 21 heavy (non-hydrogen) atoms. The zero-order chi connectivity index (χ0) is 15.0. The van der Waals surface area contributed by atoms with Gasteiger partial charge in [0.25, 0.3) is 0 Å². The molecule has 0 spiro atoms. The number of aromatic nitrogens is 2. The molecule has 0 aliphatic heterocycles. The summed E-state index contributed by atoms with van der Waals surface area (Å²) in [6.07, 6.45) is 6.07. The van der Waals surface area contributed by atoms with Crippen LogP contribution in [0.4, 0.5) is 0 Å². The topological polar surface area (TPSA) is 43.8 Å². The molecule has 2 N–H and O–H groups in total. The number of nitrogens with two attached hydrogens (primary N) is 1. The molecule has 0 saturated heterocycles. The van der Waals surface area contributed by atoms with Crippen molar-refractivity contribution in [1.82, 2.24) is 9.55 Å². The molecule has 0 radical (unpaired) electrons. The predicted octanol–water partition coefficient (Wildman–Crippen LogP) is 4.43. The van der Waals surface area contributed by atoms with Crippen LogP contribution in [0.2, 0.25) is 5.02 Å². The van der Waals surface area contributed by atoms with Gasteiger partial charge in [0.1, 0.15) is 5.82 Å². The average molecular weight is 306 g/mol. The molecule has 1 aromatic carbocycles. The summed E-state index contributed by atoms with van der Waals surface area (Å²) in [6, 6.07) is 6.30. The summed E-state index contributed by atoms with van der Waals surface area (Å²) in [5, 5.41) is 0.780. The van der Waals surface area contributed by atoms with E-state index in [0.717, 1.165) is 34.7 Å². The monoisotopic (exact) mass is 305 g/mol. The maximum absolute atomic E-state index is 6.46. The number of fused-ring (bicyclic) bond motifs is 1. The van der Waals surface area contributed by atoms with Gasteiger partial charge in [0.15, 0.2) is 0 Å². The molecule has 3 rings (SSSR count). The summed E-state index contributed by atoms with van der Waals surface area (Å²) < 4.78 is 2.32. The zero-order valence-corrected chi connectivity index (χ0v) is 13.7. The Morgan fingerprint density at radius 1 is 1.29 bits per heavy atom. The van der Waals surface area contributed by atoms with Crippen LogP contribution in [0.25, 0.3) is 11.0 Å². The standard InChI is InChI=1S/C17H24ClN3/c1-12(2)21-15-13(18)7-6-8-14(15)20-16(21)17(11-19)9-4-3-5-10-17/h6-8,12H,3-5,9-11,19H2,1-2H3. The van der Waals surface area contributed by atoms with Gasteiger partial charge in [-0.05, 0) is 38.8 Å². The summed E-state index contributed by atoms with van der Waals surface area (Å²) in [5.74, 6) is 1.14. The molecule has 1 aromatic heterocycles. The molecule has 0 bridgehead atoms. The highest BCUT2D eigenvalue weighted by Crippen LogP contribution is 2.41. The van der Waals surface area contributed by atoms with Gasteiger partial charge in [0, 0.05) is 18.0 Å². The lowest BCUT2D eigenvalue weighted by Crippen LogP contribution is -2.40. The van der Waals surface area contributed by atoms with Crippen molar-refractivity contribution in [3.63, 3.8) is 0 Å². The largest absolute Gasteiger partial charge is 0.329 e. The Morgan fingerprint density at radius 2 is 2.00 bits per heavy atom. The molecule has 2 aromatic rings. The second-order valence-corrected chi connectivity index (χ2v) is 6.96. The van der Waals surface area contributed by atoms with E-state index < -0.39 is 0 Å². The summed E-state index contributed by atoms with van der Waals surface area (Å²) in [6.45, 7) is 5.06. The van der Waals surface area contributed by atoms with Crippen LogP contribution in [0.15, 0.2) is 18.2 Å². The van der Waals surface area contributed by atoms with E-state index in [2.05, 4.69) is 24.5 Å².